The highest BCUT2D eigenvalue weighted by Crippen LogP contribution is 2.46. The molecule has 1 N–H and O–H groups in total. The van der Waals surface area contributed by atoms with Gasteiger partial charge in [-0.3, -0.25) is 0 Å². The predicted molar refractivity (Wildman–Crippen MR) is 63.3 cm³/mol. The van der Waals surface area contributed by atoms with Gasteiger partial charge >= 0.3 is 0 Å². The molecule has 0 bridgehead atoms. The third kappa shape index (κ3) is 1.41. The predicted octanol–water partition coefficient (Wildman–Crippen LogP) is 3.26. The van der Waals surface area contributed by atoms with Crippen LogP contribution in [0.5, 0.6) is 0 Å². The summed E-state index contributed by atoms with van der Waals surface area (Å²) in [7, 11) is 0. The summed E-state index contributed by atoms with van der Waals surface area (Å²) in [5.41, 5.74) is 3.21. The summed E-state index contributed by atoms with van der Waals surface area (Å²) in [4.78, 5) is 0. The fourth-order valence-corrected chi connectivity index (χ4v) is 3.71. The average molecular weight is 222 g/mol. The Balaban J connectivity index is 2.16. The van der Waals surface area contributed by atoms with Crippen LogP contribution in [0.25, 0.3) is 0 Å². The molecule has 0 amide bonds. The van der Waals surface area contributed by atoms with Crippen LogP contribution in [0.1, 0.15) is 36.8 Å². The molecular weight excluding hydrogens is 206 g/mol. The summed E-state index contributed by atoms with van der Waals surface area (Å²) >= 11 is 6.38. The van der Waals surface area contributed by atoms with E-state index in [1.54, 1.807) is 0 Å². The molecule has 2 heteroatoms. The lowest BCUT2D eigenvalue weighted by atomic mass is 9.74. The second-order valence-corrected chi connectivity index (χ2v) is 5.27. The van der Waals surface area contributed by atoms with Crippen molar-refractivity contribution in [2.24, 2.45) is 0 Å². The number of fused-ring (bicyclic) bond motifs is 2. The Hall–Kier alpha value is -0.530. The maximum atomic E-state index is 6.38. The van der Waals surface area contributed by atoms with Gasteiger partial charge in [0.25, 0.3) is 0 Å². The van der Waals surface area contributed by atoms with Crippen molar-refractivity contribution in [1.82, 2.24) is 5.32 Å². The lowest BCUT2D eigenvalue weighted by Gasteiger charge is -2.37. The molecule has 80 valence electrons. The molecule has 15 heavy (non-hydrogen) atoms. The summed E-state index contributed by atoms with van der Waals surface area (Å²) in [5, 5.41) is 4.52. The topological polar surface area (TPSA) is 12.0 Å². The Morgan fingerprint density at radius 3 is 2.80 bits per heavy atom. The smallest absolute Gasteiger partial charge is 0.0447 e. The van der Waals surface area contributed by atoms with Crippen LogP contribution < -0.4 is 5.32 Å². The third-order valence-electron chi connectivity index (χ3n) is 3.97. The Morgan fingerprint density at radius 2 is 2.00 bits per heavy atom. The summed E-state index contributed by atoms with van der Waals surface area (Å²) < 4.78 is 0. The normalized spacial score (nSPS) is 23.0. The standard InChI is InChI=1S/C13H16ClN/c14-11-5-3-4-10-8-15-9-13(12(10)11)6-1-2-7-13/h3-5,15H,1-2,6-9H2. The summed E-state index contributed by atoms with van der Waals surface area (Å²) in [5.74, 6) is 0. The molecule has 1 heterocycles. The van der Waals surface area contributed by atoms with E-state index >= 15 is 0 Å². The van der Waals surface area contributed by atoms with E-state index in [9.17, 15) is 0 Å². The number of nitrogens with one attached hydrogen (secondary N) is 1. The molecular formula is C13H16ClN. The monoisotopic (exact) mass is 221 g/mol. The largest absolute Gasteiger partial charge is 0.312 e. The van der Waals surface area contributed by atoms with E-state index in [0.717, 1.165) is 18.1 Å². The lowest BCUT2D eigenvalue weighted by Crippen LogP contribution is -2.41. The van der Waals surface area contributed by atoms with Gasteiger partial charge in [0, 0.05) is 23.5 Å². The van der Waals surface area contributed by atoms with E-state index in [-0.39, 0.29) is 0 Å². The number of benzene rings is 1. The van der Waals surface area contributed by atoms with Crippen LogP contribution in [-0.2, 0) is 12.0 Å². The van der Waals surface area contributed by atoms with Crippen molar-refractivity contribution in [3.8, 4) is 0 Å². The minimum absolute atomic E-state index is 0.353. The minimum atomic E-state index is 0.353. The highest BCUT2D eigenvalue weighted by atomic mass is 35.5. The number of hydrogen-bond donors (Lipinski definition) is 1. The number of halogens is 1. The molecule has 3 rings (SSSR count). The Bertz CT molecular complexity index is 380. The van der Waals surface area contributed by atoms with Crippen molar-refractivity contribution in [1.29, 1.82) is 0 Å². The van der Waals surface area contributed by atoms with Gasteiger partial charge in [0.05, 0.1) is 0 Å². The zero-order chi connectivity index (χ0) is 10.3. The van der Waals surface area contributed by atoms with E-state index in [4.69, 9.17) is 11.6 Å². The molecule has 1 spiro atoms. The van der Waals surface area contributed by atoms with Crippen LogP contribution in [0.3, 0.4) is 0 Å². The molecule has 2 aliphatic rings. The van der Waals surface area contributed by atoms with Gasteiger partial charge in [0.2, 0.25) is 0 Å². The van der Waals surface area contributed by atoms with Crippen molar-refractivity contribution in [2.75, 3.05) is 6.54 Å². The first kappa shape index (κ1) is 9.68. The van der Waals surface area contributed by atoms with Crippen LogP contribution in [0.15, 0.2) is 18.2 Å². The zero-order valence-electron chi connectivity index (χ0n) is 8.85. The van der Waals surface area contributed by atoms with E-state index < -0.39 is 0 Å². The SMILES string of the molecule is Clc1cccc2c1C1(CCCC1)CNC2. The van der Waals surface area contributed by atoms with Gasteiger partial charge in [-0.05, 0) is 30.0 Å². The van der Waals surface area contributed by atoms with Crippen LogP contribution in [-0.4, -0.2) is 6.54 Å². The number of hydrogen-bond acceptors (Lipinski definition) is 1. The number of rotatable bonds is 0. The zero-order valence-corrected chi connectivity index (χ0v) is 9.61. The van der Waals surface area contributed by atoms with Gasteiger partial charge in [-0.1, -0.05) is 36.6 Å². The fourth-order valence-electron chi connectivity index (χ4n) is 3.31. The molecule has 1 saturated carbocycles. The van der Waals surface area contributed by atoms with Crippen molar-refractivity contribution >= 4 is 11.6 Å². The average Bonchev–Trinajstić information content (AvgIpc) is 2.67. The maximum absolute atomic E-state index is 6.38. The molecule has 1 fully saturated rings. The Labute approximate surface area is 95.8 Å². The van der Waals surface area contributed by atoms with Crippen molar-refractivity contribution in [2.45, 2.75) is 37.6 Å². The molecule has 0 radical (unpaired) electrons. The van der Waals surface area contributed by atoms with E-state index in [1.165, 1.54) is 36.8 Å². The fraction of sp³-hybridized carbons (Fsp3) is 0.538. The highest BCUT2D eigenvalue weighted by Gasteiger charge is 2.40. The molecule has 0 aromatic heterocycles. The highest BCUT2D eigenvalue weighted by molar-refractivity contribution is 6.31. The van der Waals surface area contributed by atoms with Gasteiger partial charge < -0.3 is 5.32 Å². The van der Waals surface area contributed by atoms with E-state index in [1.807, 2.05) is 6.07 Å². The second kappa shape index (κ2) is 3.50. The molecule has 1 nitrogen and oxygen atoms in total. The van der Waals surface area contributed by atoms with Crippen LogP contribution in [0.2, 0.25) is 5.02 Å². The van der Waals surface area contributed by atoms with Crippen molar-refractivity contribution in [3.05, 3.63) is 34.3 Å². The molecule has 0 atom stereocenters. The second-order valence-electron chi connectivity index (χ2n) is 4.86. The van der Waals surface area contributed by atoms with Gasteiger partial charge in [-0.2, -0.15) is 0 Å². The van der Waals surface area contributed by atoms with E-state index in [0.29, 0.717) is 5.41 Å². The first-order chi connectivity index (χ1) is 7.32. The van der Waals surface area contributed by atoms with Gasteiger partial charge in [0.15, 0.2) is 0 Å². The summed E-state index contributed by atoms with van der Waals surface area (Å²) in [6, 6.07) is 6.33. The molecule has 1 aliphatic carbocycles. The molecule has 1 aliphatic heterocycles. The summed E-state index contributed by atoms with van der Waals surface area (Å²) in [6.45, 7) is 2.10. The van der Waals surface area contributed by atoms with Gasteiger partial charge in [-0.25, -0.2) is 0 Å². The molecule has 0 unspecified atom stereocenters. The molecule has 1 aromatic rings. The van der Waals surface area contributed by atoms with E-state index in [2.05, 4.69) is 17.4 Å². The third-order valence-corrected chi connectivity index (χ3v) is 4.28. The first-order valence-corrected chi connectivity index (χ1v) is 6.18. The van der Waals surface area contributed by atoms with Crippen LogP contribution >= 0.6 is 11.6 Å². The maximum Gasteiger partial charge on any atom is 0.0447 e. The first-order valence-electron chi connectivity index (χ1n) is 5.80. The molecule has 1 aromatic carbocycles. The minimum Gasteiger partial charge on any atom is -0.312 e. The Morgan fingerprint density at radius 1 is 1.20 bits per heavy atom. The van der Waals surface area contributed by atoms with Crippen LogP contribution in [0, 0.1) is 0 Å². The van der Waals surface area contributed by atoms with Gasteiger partial charge in [-0.15, -0.1) is 0 Å². The van der Waals surface area contributed by atoms with Crippen LogP contribution in [0.4, 0.5) is 0 Å². The van der Waals surface area contributed by atoms with Crippen molar-refractivity contribution < 1.29 is 0 Å². The quantitative estimate of drug-likeness (QED) is 0.709. The van der Waals surface area contributed by atoms with Crippen molar-refractivity contribution in [3.63, 3.8) is 0 Å². The van der Waals surface area contributed by atoms with Gasteiger partial charge in [0.1, 0.15) is 0 Å². The Kier molecular flexibility index (Phi) is 2.26. The summed E-state index contributed by atoms with van der Waals surface area (Å²) in [6.07, 6.45) is 5.31. The lowest BCUT2D eigenvalue weighted by molar-refractivity contribution is 0.377. The molecule has 0 saturated heterocycles.